The number of aryl methyl sites for hydroxylation is 5. The monoisotopic (exact) mass is 475 g/mol. The van der Waals surface area contributed by atoms with E-state index in [0.29, 0.717) is 12.4 Å². The Bertz CT molecular complexity index is 1360. The lowest BCUT2D eigenvalue weighted by Gasteiger charge is -2.09. The molecule has 0 fully saturated rings. The average Bonchev–Trinajstić information content (AvgIpc) is 3.11. The van der Waals surface area contributed by atoms with Crippen LogP contribution in [-0.2, 0) is 19.9 Å². The van der Waals surface area contributed by atoms with E-state index < -0.39 is 0 Å². The van der Waals surface area contributed by atoms with E-state index in [9.17, 15) is 0 Å². The topological polar surface area (TPSA) is 81.4 Å². The Morgan fingerprint density at radius 2 is 1.76 bits per heavy atom. The van der Waals surface area contributed by atoms with E-state index in [-0.39, 0.29) is 0 Å². The van der Waals surface area contributed by atoms with Gasteiger partial charge in [0.2, 0.25) is 0 Å². The van der Waals surface area contributed by atoms with Crippen LogP contribution in [0.25, 0.3) is 23.2 Å². The summed E-state index contributed by atoms with van der Waals surface area (Å²) in [6, 6.07) is 7.92. The standard InChI is InChI=1S/C26H30ClN7/c1-6-8-22-24-25(34(5)33-22)26(28-14-13-19-9-7-10-20(27)15-19)32-23(31-24)12-11-21-18(4)29-16(2)17(3)30-21/h7,9-12,15H,6,8,13-14H2,1-5H3,(H,28,31,32)/b12-11+. The molecule has 0 bridgehead atoms. The van der Waals surface area contributed by atoms with Crippen LogP contribution in [0, 0.1) is 20.8 Å². The van der Waals surface area contributed by atoms with Crippen LogP contribution in [0.5, 0.6) is 0 Å². The van der Waals surface area contributed by atoms with Crippen molar-refractivity contribution < 1.29 is 0 Å². The minimum atomic E-state index is 0.613. The van der Waals surface area contributed by atoms with Gasteiger partial charge in [-0.25, -0.2) is 15.0 Å². The molecule has 34 heavy (non-hydrogen) atoms. The molecule has 0 aliphatic heterocycles. The van der Waals surface area contributed by atoms with Gasteiger partial charge in [-0.15, -0.1) is 0 Å². The lowest BCUT2D eigenvalue weighted by Crippen LogP contribution is -2.09. The van der Waals surface area contributed by atoms with Crippen LogP contribution >= 0.6 is 11.6 Å². The van der Waals surface area contributed by atoms with Crippen LogP contribution in [0.3, 0.4) is 0 Å². The van der Waals surface area contributed by atoms with Gasteiger partial charge < -0.3 is 5.32 Å². The van der Waals surface area contributed by atoms with Crippen LogP contribution in [-0.4, -0.2) is 36.3 Å². The number of rotatable bonds is 8. The van der Waals surface area contributed by atoms with E-state index in [2.05, 4.69) is 28.3 Å². The van der Waals surface area contributed by atoms with Gasteiger partial charge in [-0.2, -0.15) is 5.10 Å². The second-order valence-electron chi connectivity index (χ2n) is 8.45. The first-order valence-electron chi connectivity index (χ1n) is 11.6. The van der Waals surface area contributed by atoms with Gasteiger partial charge in [-0.1, -0.05) is 37.1 Å². The molecule has 0 unspecified atom stereocenters. The maximum Gasteiger partial charge on any atom is 0.156 e. The largest absolute Gasteiger partial charge is 0.368 e. The van der Waals surface area contributed by atoms with E-state index in [1.165, 1.54) is 5.56 Å². The minimum Gasteiger partial charge on any atom is -0.368 e. The predicted octanol–water partition coefficient (Wildman–Crippen LogP) is 5.51. The quantitative estimate of drug-likeness (QED) is 0.362. The van der Waals surface area contributed by atoms with Crippen molar-refractivity contribution in [1.29, 1.82) is 0 Å². The highest BCUT2D eigenvalue weighted by Gasteiger charge is 2.16. The molecule has 0 saturated heterocycles. The molecule has 3 aromatic heterocycles. The summed E-state index contributed by atoms with van der Waals surface area (Å²) in [5, 5.41) is 8.97. The molecular formula is C26H30ClN7. The van der Waals surface area contributed by atoms with E-state index in [4.69, 9.17) is 26.7 Å². The molecular weight excluding hydrogens is 446 g/mol. The molecule has 1 N–H and O–H groups in total. The van der Waals surface area contributed by atoms with Gasteiger partial charge in [0.1, 0.15) is 11.0 Å². The van der Waals surface area contributed by atoms with Crippen molar-refractivity contribution in [2.24, 2.45) is 7.05 Å². The highest BCUT2D eigenvalue weighted by atomic mass is 35.5. The first kappa shape index (κ1) is 23.8. The Morgan fingerprint density at radius 1 is 0.971 bits per heavy atom. The number of fused-ring (bicyclic) bond motifs is 1. The maximum atomic E-state index is 6.14. The molecule has 0 aliphatic carbocycles. The molecule has 8 heteroatoms. The minimum absolute atomic E-state index is 0.613. The molecule has 0 atom stereocenters. The Kier molecular flexibility index (Phi) is 7.22. The fraction of sp³-hybridized carbons (Fsp3) is 0.346. The lowest BCUT2D eigenvalue weighted by molar-refractivity contribution is 0.752. The number of nitrogens with one attached hydrogen (secondary N) is 1. The third-order valence-electron chi connectivity index (χ3n) is 5.76. The summed E-state index contributed by atoms with van der Waals surface area (Å²) in [5.74, 6) is 1.38. The van der Waals surface area contributed by atoms with Crippen LogP contribution < -0.4 is 5.32 Å². The van der Waals surface area contributed by atoms with Crippen molar-refractivity contribution in [3.8, 4) is 0 Å². The average molecular weight is 476 g/mol. The van der Waals surface area contributed by atoms with Crippen molar-refractivity contribution in [2.75, 3.05) is 11.9 Å². The van der Waals surface area contributed by atoms with Gasteiger partial charge in [0.05, 0.1) is 28.5 Å². The van der Waals surface area contributed by atoms with E-state index in [1.807, 2.05) is 62.9 Å². The van der Waals surface area contributed by atoms with Crippen molar-refractivity contribution in [3.05, 3.63) is 69.1 Å². The normalized spacial score (nSPS) is 11.6. The summed E-state index contributed by atoms with van der Waals surface area (Å²) < 4.78 is 1.87. The Hall–Kier alpha value is -3.32. The summed E-state index contributed by atoms with van der Waals surface area (Å²) in [7, 11) is 1.94. The summed E-state index contributed by atoms with van der Waals surface area (Å²) in [5.41, 5.74) is 7.51. The highest BCUT2D eigenvalue weighted by Crippen LogP contribution is 2.25. The van der Waals surface area contributed by atoms with Gasteiger partial charge in [0.15, 0.2) is 11.6 Å². The molecule has 0 saturated carbocycles. The Morgan fingerprint density at radius 3 is 2.53 bits per heavy atom. The number of anilines is 1. The Labute approximate surface area is 205 Å². The highest BCUT2D eigenvalue weighted by molar-refractivity contribution is 6.30. The van der Waals surface area contributed by atoms with Gasteiger partial charge in [0.25, 0.3) is 0 Å². The van der Waals surface area contributed by atoms with Crippen LogP contribution in [0.1, 0.15) is 53.2 Å². The number of aromatic nitrogens is 6. The van der Waals surface area contributed by atoms with Crippen LogP contribution in [0.2, 0.25) is 5.02 Å². The summed E-state index contributed by atoms with van der Waals surface area (Å²) in [6.07, 6.45) is 6.52. The summed E-state index contributed by atoms with van der Waals surface area (Å²) in [6.45, 7) is 8.76. The van der Waals surface area contributed by atoms with E-state index in [0.717, 1.165) is 69.6 Å². The molecule has 0 spiro atoms. The maximum absolute atomic E-state index is 6.14. The third-order valence-corrected chi connectivity index (χ3v) is 5.99. The molecule has 4 aromatic rings. The van der Waals surface area contributed by atoms with E-state index in [1.54, 1.807) is 0 Å². The lowest BCUT2D eigenvalue weighted by atomic mass is 10.1. The Balaban J connectivity index is 1.68. The van der Waals surface area contributed by atoms with E-state index >= 15 is 0 Å². The van der Waals surface area contributed by atoms with Gasteiger partial charge in [0, 0.05) is 18.6 Å². The van der Waals surface area contributed by atoms with Gasteiger partial charge >= 0.3 is 0 Å². The molecule has 3 heterocycles. The van der Waals surface area contributed by atoms with Crippen LogP contribution in [0.4, 0.5) is 5.82 Å². The van der Waals surface area contributed by atoms with Crippen molar-refractivity contribution in [2.45, 2.75) is 47.0 Å². The van der Waals surface area contributed by atoms with Crippen molar-refractivity contribution in [3.63, 3.8) is 0 Å². The molecule has 4 rings (SSSR count). The molecule has 0 radical (unpaired) electrons. The number of benzene rings is 1. The first-order chi connectivity index (χ1) is 16.4. The number of nitrogens with zero attached hydrogens (tertiary/aromatic N) is 6. The number of hydrogen-bond donors (Lipinski definition) is 1. The molecule has 0 aliphatic rings. The summed E-state index contributed by atoms with van der Waals surface area (Å²) in [4.78, 5) is 18.9. The zero-order valence-corrected chi connectivity index (χ0v) is 21.1. The fourth-order valence-electron chi connectivity index (χ4n) is 3.92. The second-order valence-corrected chi connectivity index (χ2v) is 8.89. The van der Waals surface area contributed by atoms with Gasteiger partial charge in [-0.05, 0) is 63.5 Å². The molecule has 176 valence electrons. The number of halogens is 1. The second kappa shape index (κ2) is 10.3. The third kappa shape index (κ3) is 5.25. The first-order valence-corrected chi connectivity index (χ1v) is 12.0. The predicted molar refractivity (Wildman–Crippen MR) is 139 cm³/mol. The van der Waals surface area contributed by atoms with Gasteiger partial charge in [-0.3, -0.25) is 9.67 Å². The molecule has 0 amide bonds. The molecule has 1 aromatic carbocycles. The SMILES string of the molecule is CCCc1nn(C)c2c(NCCc3cccc(Cl)c3)nc(/C=C/c3nc(C)c(C)nc3C)nc12. The van der Waals surface area contributed by atoms with Crippen molar-refractivity contribution in [1.82, 2.24) is 29.7 Å². The smallest absolute Gasteiger partial charge is 0.156 e. The zero-order valence-electron chi connectivity index (χ0n) is 20.4. The zero-order chi connectivity index (χ0) is 24.2. The fourth-order valence-corrected chi connectivity index (χ4v) is 4.14. The molecule has 7 nitrogen and oxygen atoms in total. The number of hydrogen-bond acceptors (Lipinski definition) is 6. The van der Waals surface area contributed by atoms with Crippen molar-refractivity contribution >= 4 is 40.6 Å². The van der Waals surface area contributed by atoms with Crippen LogP contribution in [0.15, 0.2) is 24.3 Å². The summed E-state index contributed by atoms with van der Waals surface area (Å²) >= 11 is 6.14.